The minimum Gasteiger partial charge on any atom is -0.491 e. The summed E-state index contributed by atoms with van der Waals surface area (Å²) in [5.74, 6) is 1.72. The summed E-state index contributed by atoms with van der Waals surface area (Å²) in [7, 11) is 7.06. The van der Waals surface area contributed by atoms with Crippen LogP contribution in [0.15, 0.2) is 29.3 Å². The third-order valence-electron chi connectivity index (χ3n) is 5.15. The van der Waals surface area contributed by atoms with Gasteiger partial charge in [0, 0.05) is 41.3 Å². The molecular weight excluding hydrogens is 483 g/mol. The second kappa shape index (κ2) is 12.9. The molecule has 1 aromatic rings. The molecule has 0 saturated heterocycles. The molecule has 164 valence electrons. The summed E-state index contributed by atoms with van der Waals surface area (Å²) in [6.07, 6.45) is 4.05. The molecule has 0 radical (unpaired) electrons. The molecule has 0 unspecified atom stereocenters. The lowest BCUT2D eigenvalue weighted by molar-refractivity contribution is -0.138. The highest BCUT2D eigenvalue weighted by molar-refractivity contribution is 14.0. The van der Waals surface area contributed by atoms with Gasteiger partial charge in [-0.3, -0.25) is 9.79 Å². The van der Waals surface area contributed by atoms with Crippen LogP contribution < -0.4 is 15.4 Å². The Bertz CT molecular complexity index is 661. The number of hydrogen-bond acceptors (Lipinski definition) is 4. The van der Waals surface area contributed by atoms with Crippen LogP contribution in [0, 0.1) is 5.41 Å². The zero-order chi connectivity index (χ0) is 20.4. The summed E-state index contributed by atoms with van der Waals surface area (Å²) < 4.78 is 10.7. The van der Waals surface area contributed by atoms with E-state index in [0.29, 0.717) is 32.3 Å². The SMILES string of the molecule is CN=C(NCc1cccc(OCCOC)c1)NCC1(C(=O)N(C)C)CCCC1.I. The van der Waals surface area contributed by atoms with Gasteiger partial charge in [-0.05, 0) is 30.5 Å². The Morgan fingerprint density at radius 2 is 1.93 bits per heavy atom. The first-order chi connectivity index (χ1) is 13.5. The predicted octanol–water partition coefficient (Wildman–Crippen LogP) is 2.64. The van der Waals surface area contributed by atoms with Crippen LogP contribution >= 0.6 is 24.0 Å². The van der Waals surface area contributed by atoms with Crippen molar-refractivity contribution in [2.24, 2.45) is 10.4 Å². The summed E-state index contributed by atoms with van der Waals surface area (Å²) in [4.78, 5) is 18.7. The van der Waals surface area contributed by atoms with E-state index < -0.39 is 0 Å². The fraction of sp³-hybridized carbons (Fsp3) is 0.619. The summed E-state index contributed by atoms with van der Waals surface area (Å²) in [6.45, 7) is 2.31. The van der Waals surface area contributed by atoms with Gasteiger partial charge in [-0.2, -0.15) is 0 Å². The van der Waals surface area contributed by atoms with Crippen molar-refractivity contribution in [1.29, 1.82) is 0 Å². The van der Waals surface area contributed by atoms with E-state index in [1.807, 2.05) is 38.4 Å². The lowest BCUT2D eigenvalue weighted by atomic mass is 9.84. The Labute approximate surface area is 191 Å². The molecule has 1 saturated carbocycles. The molecule has 2 N–H and O–H groups in total. The van der Waals surface area contributed by atoms with Crippen LogP contribution in [0.1, 0.15) is 31.2 Å². The second-order valence-corrected chi connectivity index (χ2v) is 7.46. The number of hydrogen-bond donors (Lipinski definition) is 2. The number of rotatable bonds is 9. The number of carbonyl (C=O) groups is 1. The average Bonchev–Trinajstić information content (AvgIpc) is 3.18. The van der Waals surface area contributed by atoms with E-state index >= 15 is 0 Å². The Morgan fingerprint density at radius 3 is 2.55 bits per heavy atom. The standard InChI is InChI=1S/C21H34N4O3.HI/c1-22-20(24-16-21(10-5-6-11-21)19(26)25(2)3)23-15-17-8-7-9-18(14-17)28-13-12-27-4;/h7-9,14H,5-6,10-13,15-16H2,1-4H3,(H2,22,23,24);1H. The number of benzene rings is 1. The normalized spacial score (nSPS) is 15.4. The fourth-order valence-electron chi connectivity index (χ4n) is 3.64. The molecule has 1 aliphatic carbocycles. The van der Waals surface area contributed by atoms with E-state index in [9.17, 15) is 4.79 Å². The van der Waals surface area contributed by atoms with Crippen LogP contribution in [-0.2, 0) is 16.1 Å². The van der Waals surface area contributed by atoms with E-state index in [2.05, 4.69) is 15.6 Å². The quantitative estimate of drug-likeness (QED) is 0.228. The summed E-state index contributed by atoms with van der Waals surface area (Å²) in [6, 6.07) is 7.95. The molecule has 0 heterocycles. The van der Waals surface area contributed by atoms with Crippen molar-refractivity contribution in [3.63, 3.8) is 0 Å². The molecule has 1 aliphatic rings. The topological polar surface area (TPSA) is 75.2 Å². The highest BCUT2D eigenvalue weighted by Gasteiger charge is 2.42. The molecule has 7 nitrogen and oxygen atoms in total. The van der Waals surface area contributed by atoms with Crippen molar-refractivity contribution in [1.82, 2.24) is 15.5 Å². The van der Waals surface area contributed by atoms with Crippen LogP contribution in [-0.4, -0.2) is 64.8 Å². The number of halogens is 1. The molecule has 0 spiro atoms. The maximum atomic E-state index is 12.7. The monoisotopic (exact) mass is 518 g/mol. The number of ether oxygens (including phenoxy) is 2. The Balaban J connectivity index is 0.00000420. The first-order valence-electron chi connectivity index (χ1n) is 9.88. The number of amides is 1. The van der Waals surface area contributed by atoms with Gasteiger partial charge in [0.05, 0.1) is 12.0 Å². The van der Waals surface area contributed by atoms with Gasteiger partial charge in [0.15, 0.2) is 5.96 Å². The van der Waals surface area contributed by atoms with Gasteiger partial charge in [-0.25, -0.2) is 0 Å². The first kappa shape index (κ1) is 25.5. The van der Waals surface area contributed by atoms with E-state index in [1.54, 1.807) is 19.1 Å². The fourth-order valence-corrected chi connectivity index (χ4v) is 3.64. The van der Waals surface area contributed by atoms with Gasteiger partial charge in [0.2, 0.25) is 5.91 Å². The van der Waals surface area contributed by atoms with Crippen LogP contribution in [0.3, 0.4) is 0 Å². The Kier molecular flexibility index (Phi) is 11.3. The molecule has 0 bridgehead atoms. The molecule has 0 aliphatic heterocycles. The number of guanidine groups is 1. The van der Waals surface area contributed by atoms with Crippen molar-refractivity contribution in [2.45, 2.75) is 32.2 Å². The van der Waals surface area contributed by atoms with Crippen molar-refractivity contribution < 1.29 is 14.3 Å². The van der Waals surface area contributed by atoms with Crippen molar-refractivity contribution in [3.05, 3.63) is 29.8 Å². The number of carbonyl (C=O) groups excluding carboxylic acids is 1. The van der Waals surface area contributed by atoms with Gasteiger partial charge in [0.1, 0.15) is 12.4 Å². The van der Waals surface area contributed by atoms with Crippen LogP contribution in [0.2, 0.25) is 0 Å². The molecular formula is C21H35IN4O3. The third kappa shape index (κ3) is 7.65. The number of methoxy groups -OCH3 is 1. The molecule has 1 fully saturated rings. The second-order valence-electron chi connectivity index (χ2n) is 7.46. The first-order valence-corrected chi connectivity index (χ1v) is 9.88. The molecule has 2 rings (SSSR count). The Morgan fingerprint density at radius 1 is 1.21 bits per heavy atom. The number of nitrogens with zero attached hydrogens (tertiary/aromatic N) is 2. The van der Waals surface area contributed by atoms with Crippen molar-refractivity contribution >= 4 is 35.8 Å². The van der Waals surface area contributed by atoms with Gasteiger partial charge in [-0.15, -0.1) is 24.0 Å². The smallest absolute Gasteiger partial charge is 0.230 e. The van der Waals surface area contributed by atoms with Gasteiger partial charge < -0.3 is 25.0 Å². The molecule has 8 heteroatoms. The maximum absolute atomic E-state index is 12.7. The average molecular weight is 518 g/mol. The maximum Gasteiger partial charge on any atom is 0.230 e. The Hall–Kier alpha value is -1.55. The van der Waals surface area contributed by atoms with E-state index in [4.69, 9.17) is 9.47 Å². The summed E-state index contributed by atoms with van der Waals surface area (Å²) in [5.41, 5.74) is 0.772. The predicted molar refractivity (Wildman–Crippen MR) is 127 cm³/mol. The lowest BCUT2D eigenvalue weighted by Gasteiger charge is -2.31. The third-order valence-corrected chi connectivity index (χ3v) is 5.15. The van der Waals surface area contributed by atoms with Gasteiger partial charge in [0.25, 0.3) is 0 Å². The molecule has 29 heavy (non-hydrogen) atoms. The number of aliphatic imine (C=N–C) groups is 1. The van der Waals surface area contributed by atoms with Gasteiger partial charge in [-0.1, -0.05) is 25.0 Å². The lowest BCUT2D eigenvalue weighted by Crippen LogP contribution is -2.49. The van der Waals surface area contributed by atoms with Crippen molar-refractivity contribution in [3.8, 4) is 5.75 Å². The largest absolute Gasteiger partial charge is 0.491 e. The van der Waals surface area contributed by atoms with E-state index in [1.165, 1.54) is 0 Å². The zero-order valence-corrected chi connectivity index (χ0v) is 20.3. The highest BCUT2D eigenvalue weighted by atomic mass is 127. The summed E-state index contributed by atoms with van der Waals surface area (Å²) in [5, 5.41) is 6.68. The minimum atomic E-state index is -0.323. The highest BCUT2D eigenvalue weighted by Crippen LogP contribution is 2.38. The molecule has 1 amide bonds. The number of nitrogens with one attached hydrogen (secondary N) is 2. The molecule has 1 aromatic carbocycles. The van der Waals surface area contributed by atoms with Crippen LogP contribution in [0.25, 0.3) is 0 Å². The zero-order valence-electron chi connectivity index (χ0n) is 18.0. The van der Waals surface area contributed by atoms with E-state index in [0.717, 1.165) is 37.0 Å². The minimum absolute atomic E-state index is 0. The molecule has 0 aromatic heterocycles. The van der Waals surface area contributed by atoms with E-state index in [-0.39, 0.29) is 35.3 Å². The van der Waals surface area contributed by atoms with Gasteiger partial charge >= 0.3 is 0 Å². The molecule has 0 atom stereocenters. The van der Waals surface area contributed by atoms with Crippen LogP contribution in [0.4, 0.5) is 0 Å². The summed E-state index contributed by atoms with van der Waals surface area (Å²) >= 11 is 0. The van der Waals surface area contributed by atoms with Crippen LogP contribution in [0.5, 0.6) is 5.75 Å². The van der Waals surface area contributed by atoms with Crippen molar-refractivity contribution in [2.75, 3.05) is 48.0 Å².